The maximum atomic E-state index is 12.2. The Kier molecular flexibility index (Phi) is 5.70. The zero-order chi connectivity index (χ0) is 15.9. The molecule has 0 saturated heterocycles. The highest BCUT2D eigenvalue weighted by Gasteiger charge is 2.17. The van der Waals surface area contributed by atoms with Gasteiger partial charge in [-0.2, -0.15) is 0 Å². The smallest absolute Gasteiger partial charge is 0.220 e. The van der Waals surface area contributed by atoms with Gasteiger partial charge in [0.25, 0.3) is 0 Å². The standard InChI is InChI=1S/C19H24N2O/c1-4-5-8-18(22)21-19(17-7-6-11-20-13-17)16-10-9-14(2)15(3)12-16/h6-7,9-13,19H,4-5,8H2,1-3H3,(H,21,22)/t19-/m1/s1. The molecule has 0 fully saturated rings. The van der Waals surface area contributed by atoms with Crippen LogP contribution >= 0.6 is 0 Å². The molecular formula is C19H24N2O. The van der Waals surface area contributed by atoms with Crippen molar-refractivity contribution in [3.05, 3.63) is 65.0 Å². The summed E-state index contributed by atoms with van der Waals surface area (Å²) in [4.78, 5) is 16.4. The topological polar surface area (TPSA) is 42.0 Å². The van der Waals surface area contributed by atoms with Gasteiger partial charge >= 0.3 is 0 Å². The number of aromatic nitrogens is 1. The fourth-order valence-corrected chi connectivity index (χ4v) is 2.42. The molecule has 0 unspecified atom stereocenters. The second kappa shape index (κ2) is 7.74. The number of nitrogens with one attached hydrogen (secondary N) is 1. The van der Waals surface area contributed by atoms with Crippen LogP contribution in [0.25, 0.3) is 0 Å². The lowest BCUT2D eigenvalue weighted by Gasteiger charge is -2.20. The first-order valence-corrected chi connectivity index (χ1v) is 7.88. The number of benzene rings is 1. The number of pyridine rings is 1. The third-order valence-corrected chi connectivity index (χ3v) is 3.94. The first-order valence-electron chi connectivity index (χ1n) is 7.88. The lowest BCUT2D eigenvalue weighted by Crippen LogP contribution is -2.29. The van der Waals surface area contributed by atoms with E-state index in [4.69, 9.17) is 0 Å². The van der Waals surface area contributed by atoms with Crippen molar-refractivity contribution in [2.45, 2.75) is 46.1 Å². The summed E-state index contributed by atoms with van der Waals surface area (Å²) in [6, 6.07) is 10.1. The van der Waals surface area contributed by atoms with E-state index in [1.54, 1.807) is 6.20 Å². The fraction of sp³-hybridized carbons (Fsp3) is 0.368. The van der Waals surface area contributed by atoms with Gasteiger partial charge < -0.3 is 5.32 Å². The summed E-state index contributed by atoms with van der Waals surface area (Å²) >= 11 is 0. The maximum absolute atomic E-state index is 12.2. The van der Waals surface area contributed by atoms with E-state index in [9.17, 15) is 4.79 Å². The van der Waals surface area contributed by atoms with E-state index in [1.165, 1.54) is 11.1 Å². The van der Waals surface area contributed by atoms with Crippen molar-refractivity contribution >= 4 is 5.91 Å². The Balaban J connectivity index is 2.29. The molecule has 1 atom stereocenters. The van der Waals surface area contributed by atoms with Gasteiger partial charge in [0.05, 0.1) is 6.04 Å². The van der Waals surface area contributed by atoms with Crippen LogP contribution in [0.4, 0.5) is 0 Å². The number of hydrogen-bond acceptors (Lipinski definition) is 2. The number of amides is 1. The molecule has 0 bridgehead atoms. The molecule has 116 valence electrons. The van der Waals surface area contributed by atoms with Crippen LogP contribution in [0.3, 0.4) is 0 Å². The van der Waals surface area contributed by atoms with Crippen molar-refractivity contribution in [1.29, 1.82) is 0 Å². The van der Waals surface area contributed by atoms with Gasteiger partial charge in [0, 0.05) is 18.8 Å². The Morgan fingerprint density at radius 2 is 2.00 bits per heavy atom. The summed E-state index contributed by atoms with van der Waals surface area (Å²) in [6.07, 6.45) is 6.07. The summed E-state index contributed by atoms with van der Waals surface area (Å²) < 4.78 is 0. The number of carbonyl (C=O) groups excluding carboxylic acids is 1. The van der Waals surface area contributed by atoms with Crippen molar-refractivity contribution in [2.24, 2.45) is 0 Å². The van der Waals surface area contributed by atoms with Crippen molar-refractivity contribution < 1.29 is 4.79 Å². The van der Waals surface area contributed by atoms with Gasteiger partial charge in [0.15, 0.2) is 0 Å². The number of unbranched alkanes of at least 4 members (excludes halogenated alkanes) is 1. The molecule has 0 aliphatic rings. The minimum Gasteiger partial charge on any atom is -0.345 e. The Hall–Kier alpha value is -2.16. The highest BCUT2D eigenvalue weighted by atomic mass is 16.1. The molecular weight excluding hydrogens is 272 g/mol. The number of nitrogens with zero attached hydrogens (tertiary/aromatic N) is 1. The molecule has 1 N–H and O–H groups in total. The number of aryl methyl sites for hydroxylation is 2. The number of hydrogen-bond donors (Lipinski definition) is 1. The van der Waals surface area contributed by atoms with E-state index in [0.717, 1.165) is 24.0 Å². The summed E-state index contributed by atoms with van der Waals surface area (Å²) in [7, 11) is 0. The third-order valence-electron chi connectivity index (χ3n) is 3.94. The Morgan fingerprint density at radius 3 is 2.64 bits per heavy atom. The zero-order valence-corrected chi connectivity index (χ0v) is 13.6. The Bertz CT molecular complexity index is 623. The zero-order valence-electron chi connectivity index (χ0n) is 13.6. The highest BCUT2D eigenvalue weighted by Crippen LogP contribution is 2.23. The molecule has 0 aliphatic carbocycles. The van der Waals surface area contributed by atoms with Crippen LogP contribution in [0, 0.1) is 13.8 Å². The minimum atomic E-state index is -0.141. The first kappa shape index (κ1) is 16.2. The SMILES string of the molecule is CCCCC(=O)N[C@@H](c1cccnc1)c1ccc(C)c(C)c1. The predicted molar refractivity (Wildman–Crippen MR) is 89.7 cm³/mol. The third kappa shape index (κ3) is 4.17. The lowest BCUT2D eigenvalue weighted by atomic mass is 9.96. The average Bonchev–Trinajstić information content (AvgIpc) is 2.54. The molecule has 1 amide bonds. The van der Waals surface area contributed by atoms with E-state index in [2.05, 4.69) is 49.3 Å². The Labute approximate surface area is 132 Å². The van der Waals surface area contributed by atoms with E-state index < -0.39 is 0 Å². The molecule has 0 aliphatic heterocycles. The monoisotopic (exact) mass is 296 g/mol. The van der Waals surface area contributed by atoms with Crippen molar-refractivity contribution in [1.82, 2.24) is 10.3 Å². The van der Waals surface area contributed by atoms with Gasteiger partial charge in [-0.1, -0.05) is 37.6 Å². The second-order valence-electron chi connectivity index (χ2n) is 5.73. The van der Waals surface area contributed by atoms with Crippen LogP contribution in [-0.2, 0) is 4.79 Å². The van der Waals surface area contributed by atoms with Crippen LogP contribution < -0.4 is 5.32 Å². The fourth-order valence-electron chi connectivity index (χ4n) is 2.42. The first-order chi connectivity index (χ1) is 10.6. The molecule has 3 heteroatoms. The van der Waals surface area contributed by atoms with E-state index in [-0.39, 0.29) is 11.9 Å². The molecule has 1 heterocycles. The average molecular weight is 296 g/mol. The second-order valence-corrected chi connectivity index (χ2v) is 5.73. The molecule has 0 radical (unpaired) electrons. The summed E-state index contributed by atoms with van der Waals surface area (Å²) in [5, 5.41) is 3.15. The molecule has 1 aromatic heterocycles. The van der Waals surface area contributed by atoms with Gasteiger partial charge in [-0.15, -0.1) is 0 Å². The molecule has 3 nitrogen and oxygen atoms in total. The molecule has 2 rings (SSSR count). The van der Waals surface area contributed by atoms with Gasteiger partial charge in [0.1, 0.15) is 0 Å². The molecule has 0 spiro atoms. The summed E-state index contributed by atoms with van der Waals surface area (Å²) in [5.74, 6) is 0.0916. The van der Waals surface area contributed by atoms with Crippen LogP contribution in [0.1, 0.15) is 54.5 Å². The van der Waals surface area contributed by atoms with Crippen LogP contribution in [0.5, 0.6) is 0 Å². The van der Waals surface area contributed by atoms with E-state index in [1.807, 2.05) is 18.3 Å². The van der Waals surface area contributed by atoms with Crippen LogP contribution in [-0.4, -0.2) is 10.9 Å². The van der Waals surface area contributed by atoms with Crippen molar-refractivity contribution in [3.8, 4) is 0 Å². The Morgan fingerprint density at radius 1 is 1.18 bits per heavy atom. The summed E-state index contributed by atoms with van der Waals surface area (Å²) in [6.45, 7) is 6.28. The highest BCUT2D eigenvalue weighted by molar-refractivity contribution is 5.77. The maximum Gasteiger partial charge on any atom is 0.220 e. The van der Waals surface area contributed by atoms with Gasteiger partial charge in [-0.3, -0.25) is 9.78 Å². The van der Waals surface area contributed by atoms with Crippen LogP contribution in [0.15, 0.2) is 42.7 Å². The molecule has 0 saturated carbocycles. The van der Waals surface area contributed by atoms with Gasteiger partial charge in [-0.05, 0) is 48.6 Å². The van der Waals surface area contributed by atoms with Gasteiger partial charge in [0.2, 0.25) is 5.91 Å². The minimum absolute atomic E-state index is 0.0916. The lowest BCUT2D eigenvalue weighted by molar-refractivity contribution is -0.121. The van der Waals surface area contributed by atoms with Crippen molar-refractivity contribution in [3.63, 3.8) is 0 Å². The van der Waals surface area contributed by atoms with Crippen molar-refractivity contribution in [2.75, 3.05) is 0 Å². The molecule has 1 aromatic carbocycles. The van der Waals surface area contributed by atoms with E-state index >= 15 is 0 Å². The normalized spacial score (nSPS) is 12.0. The summed E-state index contributed by atoms with van der Waals surface area (Å²) in [5.41, 5.74) is 4.59. The van der Waals surface area contributed by atoms with Crippen LogP contribution in [0.2, 0.25) is 0 Å². The largest absolute Gasteiger partial charge is 0.345 e. The number of rotatable bonds is 6. The van der Waals surface area contributed by atoms with Gasteiger partial charge in [-0.25, -0.2) is 0 Å². The predicted octanol–water partition coefficient (Wildman–Crippen LogP) is 4.09. The molecule has 2 aromatic rings. The number of carbonyl (C=O) groups is 1. The quantitative estimate of drug-likeness (QED) is 0.872. The van der Waals surface area contributed by atoms with E-state index in [0.29, 0.717) is 6.42 Å². The molecule has 22 heavy (non-hydrogen) atoms.